The molecule has 0 saturated heterocycles. The van der Waals surface area contributed by atoms with Gasteiger partial charge in [0.15, 0.2) is 12.0 Å². The zero-order chi connectivity index (χ0) is 5.86. The van der Waals surface area contributed by atoms with Crippen molar-refractivity contribution in [2.24, 2.45) is 0 Å². The quantitative estimate of drug-likeness (QED) is 0.516. The average molecular weight is 104 g/mol. The molecule has 42 valence electrons. The van der Waals surface area contributed by atoms with Gasteiger partial charge in [-0.3, -0.25) is 4.79 Å². The largest absolute Gasteiger partial charge is 0.297 e. The summed E-state index contributed by atoms with van der Waals surface area (Å²) in [5.41, 5.74) is 0. The highest BCUT2D eigenvalue weighted by Gasteiger charge is 2.06. The lowest BCUT2D eigenvalue weighted by atomic mass is 10.2. The Balaban J connectivity index is 3.34. The molecule has 0 aliphatic rings. The van der Waals surface area contributed by atoms with Gasteiger partial charge in [-0.15, -0.1) is 0 Å². The van der Waals surface area contributed by atoms with Crippen LogP contribution in [0.1, 0.15) is 20.3 Å². The molecule has 7 heavy (non-hydrogen) atoms. The van der Waals surface area contributed by atoms with Crippen LogP contribution in [0.4, 0.5) is 4.39 Å². The summed E-state index contributed by atoms with van der Waals surface area (Å²) in [5, 5.41) is 0. The number of alkyl halides is 1. The smallest absolute Gasteiger partial charge is 0.163 e. The number of Topliss-reactive ketones (excluding diaryl/α,β-unsaturated/α-hetero) is 1. The highest BCUT2D eigenvalue weighted by molar-refractivity contribution is 5.80. The molecule has 0 aromatic carbocycles. The molecular formula is C5H9FO. The van der Waals surface area contributed by atoms with Gasteiger partial charge in [0, 0.05) is 0 Å². The second-order valence-corrected chi connectivity index (χ2v) is 1.49. The first-order valence-corrected chi connectivity index (χ1v) is 2.33. The van der Waals surface area contributed by atoms with Crippen molar-refractivity contribution >= 4 is 5.78 Å². The van der Waals surface area contributed by atoms with Crippen LogP contribution >= 0.6 is 0 Å². The molecule has 0 spiro atoms. The van der Waals surface area contributed by atoms with E-state index >= 15 is 0 Å². The molecule has 0 aliphatic heterocycles. The second-order valence-electron chi connectivity index (χ2n) is 1.49. The summed E-state index contributed by atoms with van der Waals surface area (Å²) in [6, 6.07) is 0. The first kappa shape index (κ1) is 6.60. The number of hydrogen-bond donors (Lipinski definition) is 0. The third-order valence-electron chi connectivity index (χ3n) is 0.800. The van der Waals surface area contributed by atoms with Crippen LogP contribution in [0.2, 0.25) is 0 Å². The van der Waals surface area contributed by atoms with Crippen LogP contribution in [0.5, 0.6) is 0 Å². The molecule has 0 saturated carbocycles. The van der Waals surface area contributed by atoms with E-state index in [0.29, 0.717) is 6.42 Å². The summed E-state index contributed by atoms with van der Waals surface area (Å²) in [6.07, 6.45) is -0.935. The average Bonchev–Trinajstić information content (AvgIpc) is 1.65. The van der Waals surface area contributed by atoms with Crippen molar-refractivity contribution in [2.45, 2.75) is 26.4 Å². The molecule has 0 aliphatic carbocycles. The van der Waals surface area contributed by atoms with Gasteiger partial charge in [0.1, 0.15) is 0 Å². The fourth-order valence-electron chi connectivity index (χ4n) is 0.287. The standard InChI is InChI=1S/C5H9FO/c1-3-5(6)4(2)7/h5H,3H2,1-2H3. The first-order valence-electron chi connectivity index (χ1n) is 2.33. The molecule has 1 unspecified atom stereocenters. The predicted molar refractivity (Wildman–Crippen MR) is 25.9 cm³/mol. The Morgan fingerprint density at radius 2 is 2.29 bits per heavy atom. The molecule has 0 heterocycles. The highest BCUT2D eigenvalue weighted by atomic mass is 19.1. The van der Waals surface area contributed by atoms with Crippen LogP contribution in [0.25, 0.3) is 0 Å². The molecule has 0 bridgehead atoms. The number of ketones is 1. The molecule has 2 heteroatoms. The summed E-state index contributed by atoms with van der Waals surface area (Å²) >= 11 is 0. The Bertz CT molecular complexity index is 70.5. The van der Waals surface area contributed by atoms with Crippen molar-refractivity contribution < 1.29 is 9.18 Å². The number of hydrogen-bond acceptors (Lipinski definition) is 1. The summed E-state index contributed by atoms with van der Waals surface area (Å²) < 4.78 is 11.9. The molecule has 1 atom stereocenters. The molecule has 0 aromatic heterocycles. The normalized spacial score (nSPS) is 13.6. The third kappa shape index (κ3) is 2.31. The van der Waals surface area contributed by atoms with Gasteiger partial charge in [0.2, 0.25) is 0 Å². The predicted octanol–water partition coefficient (Wildman–Crippen LogP) is 1.32. The van der Waals surface area contributed by atoms with Crippen LogP contribution in [-0.2, 0) is 4.79 Å². The Kier molecular flexibility index (Phi) is 2.56. The lowest BCUT2D eigenvalue weighted by molar-refractivity contribution is -0.121. The molecule has 1 nitrogen and oxygen atoms in total. The number of carbonyl (C=O) groups excluding carboxylic acids is 1. The minimum absolute atomic E-state index is 0.301. The van der Waals surface area contributed by atoms with Crippen molar-refractivity contribution in [3.8, 4) is 0 Å². The van der Waals surface area contributed by atoms with Gasteiger partial charge in [0.25, 0.3) is 0 Å². The lowest BCUT2D eigenvalue weighted by Crippen LogP contribution is -2.08. The summed E-state index contributed by atoms with van der Waals surface area (Å²) in [6.45, 7) is 2.90. The first-order chi connectivity index (χ1) is 3.18. The van der Waals surface area contributed by atoms with Crippen LogP contribution in [0, 0.1) is 0 Å². The van der Waals surface area contributed by atoms with Crippen molar-refractivity contribution in [3.63, 3.8) is 0 Å². The van der Waals surface area contributed by atoms with E-state index in [1.54, 1.807) is 6.92 Å². The molecule has 0 rings (SSSR count). The van der Waals surface area contributed by atoms with Crippen molar-refractivity contribution in [3.05, 3.63) is 0 Å². The maximum atomic E-state index is 11.9. The minimum atomic E-state index is -1.24. The van der Waals surface area contributed by atoms with Gasteiger partial charge in [-0.1, -0.05) is 6.92 Å². The van der Waals surface area contributed by atoms with Crippen LogP contribution in [0.3, 0.4) is 0 Å². The van der Waals surface area contributed by atoms with Crippen LogP contribution in [0.15, 0.2) is 0 Å². The fourth-order valence-corrected chi connectivity index (χ4v) is 0.287. The third-order valence-corrected chi connectivity index (χ3v) is 0.800. The van der Waals surface area contributed by atoms with E-state index < -0.39 is 6.17 Å². The zero-order valence-corrected chi connectivity index (χ0v) is 4.57. The number of halogens is 1. The molecule has 0 amide bonds. The maximum absolute atomic E-state index is 11.9. The van der Waals surface area contributed by atoms with Gasteiger partial charge in [-0.05, 0) is 13.3 Å². The van der Waals surface area contributed by atoms with Gasteiger partial charge < -0.3 is 0 Å². The molecular weight excluding hydrogens is 95.1 g/mol. The molecule has 0 aromatic rings. The van der Waals surface area contributed by atoms with E-state index in [4.69, 9.17) is 0 Å². The van der Waals surface area contributed by atoms with E-state index in [1.807, 2.05) is 0 Å². The van der Waals surface area contributed by atoms with E-state index in [9.17, 15) is 9.18 Å². The number of rotatable bonds is 2. The van der Waals surface area contributed by atoms with Crippen molar-refractivity contribution in [1.29, 1.82) is 0 Å². The fraction of sp³-hybridized carbons (Fsp3) is 0.800. The Hall–Kier alpha value is -0.400. The Morgan fingerprint density at radius 1 is 1.86 bits per heavy atom. The Labute approximate surface area is 42.5 Å². The van der Waals surface area contributed by atoms with E-state index in [2.05, 4.69) is 0 Å². The SMILES string of the molecule is CCC(F)C(C)=O. The number of carbonyl (C=O) groups is 1. The summed E-state index contributed by atoms with van der Waals surface area (Å²) in [5.74, 6) is -0.373. The van der Waals surface area contributed by atoms with Crippen LogP contribution < -0.4 is 0 Å². The lowest BCUT2D eigenvalue weighted by Gasteiger charge is -1.94. The monoisotopic (exact) mass is 104 g/mol. The van der Waals surface area contributed by atoms with Gasteiger partial charge in [-0.2, -0.15) is 0 Å². The topological polar surface area (TPSA) is 17.1 Å². The van der Waals surface area contributed by atoms with E-state index in [0.717, 1.165) is 0 Å². The summed E-state index contributed by atoms with van der Waals surface area (Å²) in [4.78, 5) is 10.00. The van der Waals surface area contributed by atoms with Gasteiger partial charge in [0.05, 0.1) is 0 Å². The van der Waals surface area contributed by atoms with Gasteiger partial charge >= 0.3 is 0 Å². The van der Waals surface area contributed by atoms with Crippen molar-refractivity contribution in [1.82, 2.24) is 0 Å². The highest BCUT2D eigenvalue weighted by Crippen LogP contribution is 1.95. The zero-order valence-electron chi connectivity index (χ0n) is 4.57. The second kappa shape index (κ2) is 2.72. The molecule has 0 N–H and O–H groups in total. The maximum Gasteiger partial charge on any atom is 0.163 e. The minimum Gasteiger partial charge on any atom is -0.297 e. The molecule has 0 radical (unpaired) electrons. The Morgan fingerprint density at radius 3 is 2.29 bits per heavy atom. The van der Waals surface area contributed by atoms with E-state index in [-0.39, 0.29) is 5.78 Å². The van der Waals surface area contributed by atoms with Crippen molar-refractivity contribution in [2.75, 3.05) is 0 Å². The summed E-state index contributed by atoms with van der Waals surface area (Å²) in [7, 11) is 0. The van der Waals surface area contributed by atoms with Crippen LogP contribution in [-0.4, -0.2) is 12.0 Å². The van der Waals surface area contributed by atoms with E-state index in [1.165, 1.54) is 6.92 Å². The van der Waals surface area contributed by atoms with Gasteiger partial charge in [-0.25, -0.2) is 4.39 Å². The molecule has 0 fully saturated rings.